The van der Waals surface area contributed by atoms with Crippen LogP contribution in [0.2, 0.25) is 0 Å². The van der Waals surface area contributed by atoms with Gasteiger partial charge in [-0.05, 0) is 43.2 Å². The molecule has 0 N–H and O–H groups in total. The molecular weight excluding hydrogens is 334 g/mol. The monoisotopic (exact) mass is 351 g/mol. The van der Waals surface area contributed by atoms with Crippen molar-refractivity contribution in [3.8, 4) is 11.5 Å². The number of nitrogens with zero attached hydrogens (tertiary/aromatic N) is 1. The lowest BCUT2D eigenvalue weighted by Crippen LogP contribution is -2.00. The fraction of sp³-hybridized carbons (Fsp3) is 0.150. The van der Waals surface area contributed by atoms with Gasteiger partial charge in [-0.2, -0.15) is 0 Å². The molecule has 6 nitrogen and oxygen atoms in total. The number of nitro benzene ring substituents is 1. The van der Waals surface area contributed by atoms with Crippen molar-refractivity contribution in [1.82, 2.24) is 0 Å². The first-order chi connectivity index (χ1) is 12.4. The molecule has 1 aliphatic heterocycles. The third-order valence-electron chi connectivity index (χ3n) is 3.89. The minimum Gasteiger partial charge on any atom is -0.489 e. The zero-order chi connectivity index (χ0) is 18.8. The van der Waals surface area contributed by atoms with Crippen molar-refractivity contribution in [2.45, 2.75) is 13.8 Å². The molecule has 0 spiro atoms. The van der Waals surface area contributed by atoms with Crippen LogP contribution in [0.15, 0.2) is 54.3 Å². The van der Waals surface area contributed by atoms with E-state index >= 15 is 0 Å². The second-order valence-corrected chi connectivity index (χ2v) is 6.10. The molecule has 2 aromatic carbocycles. The van der Waals surface area contributed by atoms with Crippen molar-refractivity contribution < 1.29 is 19.2 Å². The van der Waals surface area contributed by atoms with E-state index in [2.05, 4.69) is 6.58 Å². The Balaban J connectivity index is 1.92. The molecule has 6 heteroatoms. The van der Waals surface area contributed by atoms with Crippen LogP contribution < -0.4 is 9.47 Å². The first-order valence-corrected chi connectivity index (χ1v) is 7.96. The summed E-state index contributed by atoms with van der Waals surface area (Å²) in [6, 6.07) is 9.41. The first-order valence-electron chi connectivity index (χ1n) is 7.96. The molecule has 0 atom stereocenters. The normalized spacial score (nSPS) is 14.1. The second kappa shape index (κ2) is 6.84. The number of ketones is 1. The van der Waals surface area contributed by atoms with E-state index in [4.69, 9.17) is 9.47 Å². The molecule has 2 aromatic rings. The Morgan fingerprint density at radius 3 is 2.81 bits per heavy atom. The van der Waals surface area contributed by atoms with Crippen LogP contribution in [0.25, 0.3) is 6.08 Å². The number of carbonyl (C=O) groups is 1. The number of ether oxygens (including phenoxy) is 2. The van der Waals surface area contributed by atoms with Gasteiger partial charge in [-0.3, -0.25) is 14.9 Å². The highest BCUT2D eigenvalue weighted by atomic mass is 16.6. The molecule has 1 heterocycles. The van der Waals surface area contributed by atoms with Crippen LogP contribution in [0.3, 0.4) is 0 Å². The maximum absolute atomic E-state index is 12.6. The summed E-state index contributed by atoms with van der Waals surface area (Å²) in [7, 11) is 0. The van der Waals surface area contributed by atoms with Crippen LogP contribution in [0.5, 0.6) is 11.5 Å². The Hall–Kier alpha value is -3.41. The molecule has 132 valence electrons. The van der Waals surface area contributed by atoms with E-state index < -0.39 is 4.92 Å². The van der Waals surface area contributed by atoms with E-state index in [1.54, 1.807) is 24.3 Å². The van der Waals surface area contributed by atoms with E-state index in [9.17, 15) is 14.9 Å². The lowest BCUT2D eigenvalue weighted by Gasteiger charge is -2.11. The highest BCUT2D eigenvalue weighted by molar-refractivity contribution is 6.15. The summed E-state index contributed by atoms with van der Waals surface area (Å²) in [4.78, 5) is 23.0. The standard InChI is InChI=1S/C20H17NO5/c1-12(2)11-25-17-8-7-16-19(22)18(26-20(16)13(17)3)10-14-5-4-6-15(9-14)21(23)24/h4-10H,1,11H2,2-3H3/b18-10-. The van der Waals surface area contributed by atoms with Gasteiger partial charge in [0.25, 0.3) is 5.69 Å². The van der Waals surface area contributed by atoms with Crippen LogP contribution in [0.4, 0.5) is 5.69 Å². The van der Waals surface area contributed by atoms with Crippen LogP contribution in [0, 0.1) is 17.0 Å². The Labute approximate surface area is 150 Å². The second-order valence-electron chi connectivity index (χ2n) is 6.10. The molecule has 26 heavy (non-hydrogen) atoms. The van der Waals surface area contributed by atoms with Crippen molar-refractivity contribution in [1.29, 1.82) is 0 Å². The predicted molar refractivity (Wildman–Crippen MR) is 97.5 cm³/mol. The zero-order valence-corrected chi connectivity index (χ0v) is 14.4. The topological polar surface area (TPSA) is 78.7 Å². The van der Waals surface area contributed by atoms with Crippen molar-refractivity contribution in [2.75, 3.05) is 6.61 Å². The van der Waals surface area contributed by atoms with Gasteiger partial charge in [-0.1, -0.05) is 18.7 Å². The molecule has 0 bridgehead atoms. The molecule has 0 radical (unpaired) electrons. The number of carbonyl (C=O) groups excluding carboxylic acids is 1. The van der Waals surface area contributed by atoms with Crippen molar-refractivity contribution in [2.24, 2.45) is 0 Å². The minimum atomic E-state index is -0.483. The third-order valence-corrected chi connectivity index (χ3v) is 3.89. The van der Waals surface area contributed by atoms with Gasteiger partial charge in [0.15, 0.2) is 5.76 Å². The lowest BCUT2D eigenvalue weighted by atomic mass is 10.1. The zero-order valence-electron chi connectivity index (χ0n) is 14.4. The van der Waals surface area contributed by atoms with Gasteiger partial charge in [0, 0.05) is 17.7 Å². The van der Waals surface area contributed by atoms with Crippen molar-refractivity contribution in [3.63, 3.8) is 0 Å². The SMILES string of the molecule is C=C(C)COc1ccc2c(c1C)O/C(=C\c1cccc([N+](=O)[O-])c1)C2=O. The van der Waals surface area contributed by atoms with Crippen LogP contribution in [-0.4, -0.2) is 17.3 Å². The molecule has 0 aliphatic carbocycles. The summed E-state index contributed by atoms with van der Waals surface area (Å²) < 4.78 is 11.4. The van der Waals surface area contributed by atoms with Gasteiger partial charge in [-0.15, -0.1) is 0 Å². The predicted octanol–water partition coefficient (Wildman–Crippen LogP) is 4.47. The number of benzene rings is 2. The molecular formula is C20H17NO5. The number of allylic oxidation sites excluding steroid dienone is 1. The maximum Gasteiger partial charge on any atom is 0.270 e. The third kappa shape index (κ3) is 3.35. The average Bonchev–Trinajstić information content (AvgIpc) is 2.91. The van der Waals surface area contributed by atoms with Gasteiger partial charge in [0.05, 0.1) is 10.5 Å². The largest absolute Gasteiger partial charge is 0.489 e. The van der Waals surface area contributed by atoms with Crippen LogP contribution in [-0.2, 0) is 0 Å². The van der Waals surface area contributed by atoms with E-state index in [0.29, 0.717) is 29.2 Å². The van der Waals surface area contributed by atoms with Gasteiger partial charge in [-0.25, -0.2) is 0 Å². The van der Waals surface area contributed by atoms with Crippen molar-refractivity contribution >= 4 is 17.5 Å². The number of fused-ring (bicyclic) bond motifs is 1. The summed E-state index contributed by atoms with van der Waals surface area (Å²) in [5, 5.41) is 10.9. The van der Waals surface area contributed by atoms with E-state index in [0.717, 1.165) is 11.1 Å². The Morgan fingerprint density at radius 1 is 1.35 bits per heavy atom. The van der Waals surface area contributed by atoms with Gasteiger partial charge < -0.3 is 9.47 Å². The van der Waals surface area contributed by atoms with Crippen LogP contribution >= 0.6 is 0 Å². The summed E-state index contributed by atoms with van der Waals surface area (Å²) in [6.07, 6.45) is 1.50. The number of hydrogen-bond acceptors (Lipinski definition) is 5. The smallest absolute Gasteiger partial charge is 0.270 e. The van der Waals surface area contributed by atoms with Gasteiger partial charge in [0.2, 0.25) is 5.78 Å². The Kier molecular flexibility index (Phi) is 4.58. The Bertz CT molecular complexity index is 959. The summed E-state index contributed by atoms with van der Waals surface area (Å²) in [5.74, 6) is 0.934. The molecule has 0 saturated heterocycles. The van der Waals surface area contributed by atoms with Gasteiger partial charge in [0.1, 0.15) is 18.1 Å². The number of rotatable bonds is 5. The van der Waals surface area contributed by atoms with E-state index in [1.807, 2.05) is 13.8 Å². The summed E-state index contributed by atoms with van der Waals surface area (Å²) >= 11 is 0. The molecule has 1 aliphatic rings. The number of non-ortho nitro benzene ring substituents is 1. The fourth-order valence-corrected chi connectivity index (χ4v) is 2.60. The van der Waals surface area contributed by atoms with Crippen LogP contribution in [0.1, 0.15) is 28.4 Å². The molecule has 0 unspecified atom stereocenters. The molecule has 0 saturated carbocycles. The molecule has 0 amide bonds. The number of nitro groups is 1. The first kappa shape index (κ1) is 17.4. The highest BCUT2D eigenvalue weighted by Crippen LogP contribution is 2.39. The maximum atomic E-state index is 12.6. The fourth-order valence-electron chi connectivity index (χ4n) is 2.60. The Morgan fingerprint density at radius 2 is 2.12 bits per heavy atom. The minimum absolute atomic E-state index is 0.0472. The quantitative estimate of drug-likeness (QED) is 0.344. The van der Waals surface area contributed by atoms with Gasteiger partial charge >= 0.3 is 0 Å². The number of hydrogen-bond donors (Lipinski definition) is 0. The van der Waals surface area contributed by atoms with E-state index in [1.165, 1.54) is 18.2 Å². The molecule has 0 aromatic heterocycles. The summed E-state index contributed by atoms with van der Waals surface area (Å²) in [6.45, 7) is 7.85. The molecule has 3 rings (SSSR count). The lowest BCUT2D eigenvalue weighted by molar-refractivity contribution is -0.384. The van der Waals surface area contributed by atoms with E-state index in [-0.39, 0.29) is 17.2 Å². The highest BCUT2D eigenvalue weighted by Gasteiger charge is 2.30. The summed E-state index contributed by atoms with van der Waals surface area (Å²) in [5.41, 5.74) is 2.52. The number of Topliss-reactive ketones (excluding diaryl/α,β-unsaturated/α-hetero) is 1. The van der Waals surface area contributed by atoms with Crippen molar-refractivity contribution in [3.05, 3.63) is 81.1 Å². The molecule has 0 fully saturated rings. The average molecular weight is 351 g/mol.